The number of sulfonamides is 1. The quantitative estimate of drug-likeness (QED) is 0.662. The molecule has 0 unspecified atom stereocenters. The molecule has 7 heteroatoms. The van der Waals surface area contributed by atoms with Crippen LogP contribution in [0.1, 0.15) is 22.7 Å². The molecule has 1 aliphatic rings. The van der Waals surface area contributed by atoms with Crippen LogP contribution in [0.4, 0.5) is 4.39 Å². The van der Waals surface area contributed by atoms with E-state index in [1.807, 2.05) is 17.5 Å². The zero-order chi connectivity index (χ0) is 19.6. The minimum atomic E-state index is -3.70. The fourth-order valence-electron chi connectivity index (χ4n) is 3.59. The highest BCUT2D eigenvalue weighted by molar-refractivity contribution is 7.89. The maximum Gasteiger partial charge on any atom is 0.240 e. The van der Waals surface area contributed by atoms with E-state index >= 15 is 0 Å². The lowest BCUT2D eigenvalue weighted by molar-refractivity contribution is 0.181. The van der Waals surface area contributed by atoms with Crippen molar-refractivity contribution in [2.45, 2.75) is 23.9 Å². The van der Waals surface area contributed by atoms with Crippen LogP contribution in [0.25, 0.3) is 0 Å². The molecule has 3 aromatic rings. The van der Waals surface area contributed by atoms with Gasteiger partial charge >= 0.3 is 0 Å². The number of rotatable bonds is 6. The summed E-state index contributed by atoms with van der Waals surface area (Å²) < 4.78 is 41.1. The highest BCUT2D eigenvalue weighted by atomic mass is 32.2. The first kappa shape index (κ1) is 19.3. The van der Waals surface area contributed by atoms with Crippen molar-refractivity contribution in [2.75, 3.05) is 13.1 Å². The average Bonchev–Trinajstić information content (AvgIpc) is 3.23. The van der Waals surface area contributed by atoms with Crippen LogP contribution in [0.3, 0.4) is 0 Å². The van der Waals surface area contributed by atoms with E-state index in [-0.39, 0.29) is 17.5 Å². The Morgan fingerprint density at radius 2 is 1.82 bits per heavy atom. The molecule has 0 radical (unpaired) electrons. The molecule has 1 aromatic heterocycles. The molecule has 0 saturated heterocycles. The van der Waals surface area contributed by atoms with Crippen molar-refractivity contribution in [3.05, 3.63) is 87.9 Å². The molecule has 146 valence electrons. The Balaban J connectivity index is 1.54. The van der Waals surface area contributed by atoms with E-state index in [1.165, 1.54) is 23.3 Å². The van der Waals surface area contributed by atoms with Crippen molar-refractivity contribution >= 4 is 21.4 Å². The van der Waals surface area contributed by atoms with Gasteiger partial charge in [0.25, 0.3) is 0 Å². The smallest absolute Gasteiger partial charge is 0.240 e. The molecular weight excluding hydrogens is 395 g/mol. The Labute approximate surface area is 168 Å². The summed E-state index contributed by atoms with van der Waals surface area (Å²) in [6.45, 7) is 1.92. The van der Waals surface area contributed by atoms with E-state index in [0.29, 0.717) is 0 Å². The number of fused-ring (bicyclic) bond motifs is 1. The number of hydrogen-bond acceptors (Lipinski definition) is 4. The molecule has 1 aliphatic heterocycles. The molecule has 4 nitrogen and oxygen atoms in total. The molecule has 2 heterocycles. The van der Waals surface area contributed by atoms with Crippen LogP contribution >= 0.6 is 11.3 Å². The molecule has 1 atom stereocenters. The second kappa shape index (κ2) is 8.13. The Bertz CT molecular complexity index is 1030. The van der Waals surface area contributed by atoms with Crippen LogP contribution in [-0.4, -0.2) is 26.4 Å². The summed E-state index contributed by atoms with van der Waals surface area (Å²) in [6, 6.07) is 15.3. The molecule has 0 saturated carbocycles. The Morgan fingerprint density at radius 3 is 2.54 bits per heavy atom. The fourth-order valence-corrected chi connectivity index (χ4v) is 5.34. The number of hydrogen-bond donors (Lipinski definition) is 1. The zero-order valence-corrected chi connectivity index (χ0v) is 16.8. The molecule has 0 bridgehead atoms. The van der Waals surface area contributed by atoms with Crippen LogP contribution in [0.2, 0.25) is 0 Å². The fraction of sp³-hybridized carbons (Fsp3) is 0.238. The van der Waals surface area contributed by atoms with E-state index in [9.17, 15) is 12.8 Å². The van der Waals surface area contributed by atoms with E-state index in [2.05, 4.69) is 33.2 Å². The maximum atomic E-state index is 13.1. The lowest BCUT2D eigenvalue weighted by Crippen LogP contribution is -2.40. The lowest BCUT2D eigenvalue weighted by atomic mass is 9.97. The van der Waals surface area contributed by atoms with Crippen LogP contribution < -0.4 is 4.72 Å². The Hall–Kier alpha value is -2.06. The third-order valence-corrected chi connectivity index (χ3v) is 7.26. The maximum absolute atomic E-state index is 13.1. The van der Waals surface area contributed by atoms with Crippen LogP contribution in [0, 0.1) is 5.82 Å². The van der Waals surface area contributed by atoms with Gasteiger partial charge in [0.15, 0.2) is 0 Å². The van der Waals surface area contributed by atoms with Gasteiger partial charge in [0.05, 0.1) is 4.90 Å². The van der Waals surface area contributed by atoms with Gasteiger partial charge in [0, 0.05) is 25.7 Å². The second-order valence-corrected chi connectivity index (χ2v) is 9.41. The highest BCUT2D eigenvalue weighted by Crippen LogP contribution is 2.29. The van der Waals surface area contributed by atoms with Gasteiger partial charge in [-0.15, -0.1) is 0 Å². The summed E-state index contributed by atoms with van der Waals surface area (Å²) in [6.07, 6.45) is 0.946. The molecule has 0 amide bonds. The third kappa shape index (κ3) is 4.17. The van der Waals surface area contributed by atoms with Gasteiger partial charge in [0.2, 0.25) is 10.0 Å². The summed E-state index contributed by atoms with van der Waals surface area (Å²) >= 11 is 1.60. The topological polar surface area (TPSA) is 49.4 Å². The van der Waals surface area contributed by atoms with Gasteiger partial charge in [-0.1, -0.05) is 24.3 Å². The van der Waals surface area contributed by atoms with E-state index in [0.717, 1.165) is 37.2 Å². The van der Waals surface area contributed by atoms with Crippen LogP contribution in [0.15, 0.2) is 70.3 Å². The lowest BCUT2D eigenvalue weighted by Gasteiger charge is -2.35. The normalized spacial score (nSPS) is 15.9. The zero-order valence-electron chi connectivity index (χ0n) is 15.2. The van der Waals surface area contributed by atoms with Crippen molar-refractivity contribution in [2.24, 2.45) is 0 Å². The molecule has 1 N–H and O–H groups in total. The van der Waals surface area contributed by atoms with E-state index < -0.39 is 15.8 Å². The SMILES string of the molecule is O=S(=O)(NC[C@@H](c1ccsc1)N1CCc2ccccc2C1)c1ccc(F)cc1. The molecule has 28 heavy (non-hydrogen) atoms. The minimum Gasteiger partial charge on any atom is -0.290 e. The Kier molecular flexibility index (Phi) is 5.59. The molecule has 0 fully saturated rings. The summed E-state index contributed by atoms with van der Waals surface area (Å²) in [5.41, 5.74) is 3.75. The molecular formula is C21H21FN2O2S2. The van der Waals surface area contributed by atoms with Gasteiger partial charge in [-0.05, 0) is 64.2 Å². The predicted octanol–water partition coefficient (Wildman–Crippen LogP) is 3.97. The number of halogens is 1. The number of nitrogens with one attached hydrogen (secondary N) is 1. The van der Waals surface area contributed by atoms with Crippen molar-refractivity contribution in [3.63, 3.8) is 0 Å². The summed E-state index contributed by atoms with van der Waals surface area (Å²) in [5.74, 6) is -0.456. The van der Waals surface area contributed by atoms with Crippen molar-refractivity contribution in [1.29, 1.82) is 0 Å². The Morgan fingerprint density at radius 1 is 1.07 bits per heavy atom. The van der Waals surface area contributed by atoms with Gasteiger partial charge in [-0.25, -0.2) is 17.5 Å². The number of benzene rings is 2. The molecule has 0 aliphatic carbocycles. The van der Waals surface area contributed by atoms with Crippen LogP contribution in [-0.2, 0) is 23.0 Å². The number of nitrogens with zero attached hydrogens (tertiary/aromatic N) is 1. The van der Waals surface area contributed by atoms with Crippen molar-refractivity contribution in [1.82, 2.24) is 9.62 Å². The highest BCUT2D eigenvalue weighted by Gasteiger charge is 2.27. The minimum absolute atomic E-state index is 0.0603. The van der Waals surface area contributed by atoms with Gasteiger partial charge in [0.1, 0.15) is 5.82 Å². The largest absolute Gasteiger partial charge is 0.290 e. The first-order valence-electron chi connectivity index (χ1n) is 9.11. The number of thiophene rings is 1. The van der Waals surface area contributed by atoms with E-state index in [4.69, 9.17) is 0 Å². The van der Waals surface area contributed by atoms with Crippen molar-refractivity contribution < 1.29 is 12.8 Å². The predicted molar refractivity (Wildman–Crippen MR) is 109 cm³/mol. The standard InChI is InChI=1S/C21H21FN2O2S2/c22-19-5-7-20(8-6-19)28(25,26)23-13-21(18-10-12-27-15-18)24-11-9-16-3-1-2-4-17(16)14-24/h1-8,10,12,15,21,23H,9,11,13-14H2/t21-/m0/s1. The second-order valence-electron chi connectivity index (χ2n) is 6.87. The van der Waals surface area contributed by atoms with Crippen molar-refractivity contribution in [3.8, 4) is 0 Å². The average molecular weight is 417 g/mol. The first-order valence-corrected chi connectivity index (χ1v) is 11.5. The third-order valence-electron chi connectivity index (χ3n) is 5.12. The van der Waals surface area contributed by atoms with Crippen LogP contribution in [0.5, 0.6) is 0 Å². The van der Waals surface area contributed by atoms with E-state index in [1.54, 1.807) is 11.3 Å². The monoisotopic (exact) mass is 416 g/mol. The summed E-state index contributed by atoms with van der Waals surface area (Å²) in [5, 5.41) is 4.08. The first-order chi connectivity index (χ1) is 13.5. The van der Waals surface area contributed by atoms with Gasteiger partial charge < -0.3 is 0 Å². The molecule has 2 aromatic carbocycles. The summed E-state index contributed by atoms with van der Waals surface area (Å²) in [7, 11) is -3.70. The van der Waals surface area contributed by atoms with Gasteiger partial charge in [-0.2, -0.15) is 11.3 Å². The summed E-state index contributed by atoms with van der Waals surface area (Å²) in [4.78, 5) is 2.39. The molecule has 0 spiro atoms. The van der Waals surface area contributed by atoms with Gasteiger partial charge in [-0.3, -0.25) is 4.90 Å². The molecule has 4 rings (SSSR count).